The Morgan fingerprint density at radius 3 is 2.69 bits per heavy atom. The van der Waals surface area contributed by atoms with Crippen molar-refractivity contribution in [1.29, 1.82) is 0 Å². The van der Waals surface area contributed by atoms with Crippen LogP contribution in [0.15, 0.2) is 75.6 Å². The number of fused-ring (bicyclic) bond motifs is 1. The van der Waals surface area contributed by atoms with E-state index in [2.05, 4.69) is 21.5 Å². The number of anilines is 1. The van der Waals surface area contributed by atoms with Crippen molar-refractivity contribution in [2.45, 2.75) is 30.3 Å². The molecule has 7 nitrogen and oxygen atoms in total. The van der Waals surface area contributed by atoms with E-state index < -0.39 is 0 Å². The van der Waals surface area contributed by atoms with Gasteiger partial charge in [0.15, 0.2) is 5.65 Å². The van der Waals surface area contributed by atoms with Crippen LogP contribution in [0.5, 0.6) is 0 Å². The summed E-state index contributed by atoms with van der Waals surface area (Å²) in [5, 5.41) is 7.73. The molecule has 29 heavy (non-hydrogen) atoms. The summed E-state index contributed by atoms with van der Waals surface area (Å²) in [6.45, 7) is 3.90. The van der Waals surface area contributed by atoms with Crippen LogP contribution in [-0.2, 0) is 11.3 Å². The number of nitrogens with zero attached hydrogens (tertiary/aromatic N) is 4. The minimum atomic E-state index is -0.381. The molecule has 0 radical (unpaired) electrons. The smallest absolute Gasteiger partial charge is 0.324 e. The van der Waals surface area contributed by atoms with Crippen LogP contribution in [0.2, 0.25) is 0 Å². The number of amides is 1. The Morgan fingerprint density at radius 1 is 1.14 bits per heavy atom. The van der Waals surface area contributed by atoms with Gasteiger partial charge in [-0.3, -0.25) is 4.79 Å². The number of aromatic nitrogens is 4. The van der Waals surface area contributed by atoms with Crippen molar-refractivity contribution in [1.82, 2.24) is 19.2 Å². The van der Waals surface area contributed by atoms with E-state index in [0.29, 0.717) is 16.4 Å². The van der Waals surface area contributed by atoms with Gasteiger partial charge >= 0.3 is 5.69 Å². The van der Waals surface area contributed by atoms with E-state index >= 15 is 0 Å². The first-order valence-electron chi connectivity index (χ1n) is 9.05. The van der Waals surface area contributed by atoms with E-state index in [4.69, 9.17) is 0 Å². The van der Waals surface area contributed by atoms with Gasteiger partial charge in [0, 0.05) is 23.0 Å². The number of rotatable bonds is 5. The monoisotopic (exact) mass is 405 g/mol. The molecule has 0 aliphatic carbocycles. The summed E-state index contributed by atoms with van der Waals surface area (Å²) in [7, 11) is 0. The molecule has 0 saturated carbocycles. The maximum Gasteiger partial charge on any atom is 0.350 e. The van der Waals surface area contributed by atoms with Gasteiger partial charge < -0.3 is 5.32 Å². The van der Waals surface area contributed by atoms with Gasteiger partial charge in [-0.25, -0.2) is 18.9 Å². The van der Waals surface area contributed by atoms with E-state index in [0.717, 1.165) is 15.1 Å². The predicted octanol–water partition coefficient (Wildman–Crippen LogP) is 3.30. The molecule has 1 amide bonds. The largest absolute Gasteiger partial charge is 0.350 e. The molecule has 4 aromatic rings. The normalized spacial score (nSPS) is 11.0. The summed E-state index contributed by atoms with van der Waals surface area (Å²) in [6.07, 6.45) is 3.12. The topological polar surface area (TPSA) is 81.3 Å². The molecule has 8 heteroatoms. The maximum absolute atomic E-state index is 12.7. The third kappa shape index (κ3) is 4.07. The average molecular weight is 405 g/mol. The number of hydrogen-bond donors (Lipinski definition) is 1. The van der Waals surface area contributed by atoms with Crippen LogP contribution in [0.4, 0.5) is 5.69 Å². The highest BCUT2D eigenvalue weighted by molar-refractivity contribution is 7.99. The number of nitrogens with one attached hydrogen (secondary N) is 1. The fourth-order valence-electron chi connectivity index (χ4n) is 2.98. The van der Waals surface area contributed by atoms with Crippen LogP contribution < -0.4 is 11.0 Å². The molecule has 0 bridgehead atoms. The Hall–Kier alpha value is -3.39. The van der Waals surface area contributed by atoms with Gasteiger partial charge in [0.05, 0.1) is 0 Å². The average Bonchev–Trinajstić information content (AvgIpc) is 3.01. The van der Waals surface area contributed by atoms with Crippen LogP contribution in [0.1, 0.15) is 11.1 Å². The minimum Gasteiger partial charge on any atom is -0.324 e. The molecule has 2 aromatic heterocycles. The number of hydrogen-bond acceptors (Lipinski definition) is 5. The first-order valence-corrected chi connectivity index (χ1v) is 9.87. The zero-order chi connectivity index (χ0) is 20.4. The number of benzene rings is 2. The van der Waals surface area contributed by atoms with Gasteiger partial charge in [0.2, 0.25) is 5.91 Å². The Kier molecular flexibility index (Phi) is 5.18. The van der Waals surface area contributed by atoms with Crippen molar-refractivity contribution < 1.29 is 4.79 Å². The molecule has 0 aliphatic rings. The number of carbonyl (C=O) groups excluding carboxylic acids is 1. The maximum atomic E-state index is 12.7. The van der Waals surface area contributed by atoms with E-state index in [9.17, 15) is 9.59 Å². The van der Waals surface area contributed by atoms with Crippen LogP contribution >= 0.6 is 11.8 Å². The third-order valence-corrected chi connectivity index (χ3v) is 5.52. The molecular weight excluding hydrogens is 386 g/mol. The summed E-state index contributed by atoms with van der Waals surface area (Å²) in [6, 6.07) is 15.3. The second kappa shape index (κ2) is 7.92. The molecule has 0 saturated heterocycles. The standard InChI is InChI=1S/C21H19N5O2S/c1-14-8-9-17(15(2)12-14)29-20-19-24-26(21(28)25(19)11-10-22-20)13-18(27)23-16-6-4-3-5-7-16/h3-12H,13H2,1-2H3,(H,23,27). The second-order valence-corrected chi connectivity index (χ2v) is 7.68. The quantitative estimate of drug-likeness (QED) is 0.551. The Labute approximate surface area is 171 Å². The fraction of sp³-hybridized carbons (Fsp3) is 0.143. The van der Waals surface area contributed by atoms with Crippen LogP contribution in [0, 0.1) is 13.8 Å². The zero-order valence-corrected chi connectivity index (χ0v) is 16.8. The van der Waals surface area contributed by atoms with Crippen molar-refractivity contribution >= 4 is 29.0 Å². The van der Waals surface area contributed by atoms with Gasteiger partial charge in [-0.1, -0.05) is 47.7 Å². The molecule has 2 aromatic carbocycles. The van der Waals surface area contributed by atoms with Gasteiger partial charge in [-0.15, -0.1) is 5.10 Å². The van der Waals surface area contributed by atoms with Crippen molar-refractivity contribution in [3.05, 3.63) is 82.5 Å². The molecule has 0 aliphatic heterocycles. The molecule has 4 rings (SSSR count). The molecule has 0 spiro atoms. The molecule has 1 N–H and O–H groups in total. The van der Waals surface area contributed by atoms with E-state index in [1.165, 1.54) is 21.7 Å². The molecule has 146 valence electrons. The van der Waals surface area contributed by atoms with E-state index in [1.54, 1.807) is 24.5 Å². The lowest BCUT2D eigenvalue weighted by molar-refractivity contribution is -0.117. The Balaban J connectivity index is 1.62. The van der Waals surface area contributed by atoms with Crippen LogP contribution in [-0.4, -0.2) is 25.1 Å². The minimum absolute atomic E-state index is 0.178. The molecule has 0 fully saturated rings. The zero-order valence-electron chi connectivity index (χ0n) is 16.0. The molecule has 0 unspecified atom stereocenters. The number of carbonyl (C=O) groups is 1. The summed E-state index contributed by atoms with van der Waals surface area (Å²) >= 11 is 1.45. The van der Waals surface area contributed by atoms with Gasteiger partial charge in [-0.2, -0.15) is 0 Å². The first kappa shape index (κ1) is 18.9. The molecule has 2 heterocycles. The van der Waals surface area contributed by atoms with Crippen molar-refractivity contribution in [3.8, 4) is 0 Å². The van der Waals surface area contributed by atoms with Crippen molar-refractivity contribution in [2.24, 2.45) is 0 Å². The lowest BCUT2D eigenvalue weighted by Crippen LogP contribution is -2.28. The molecule has 0 atom stereocenters. The Bertz CT molecular complexity index is 1250. The van der Waals surface area contributed by atoms with Crippen molar-refractivity contribution in [3.63, 3.8) is 0 Å². The number of para-hydroxylation sites is 1. The highest BCUT2D eigenvalue weighted by Crippen LogP contribution is 2.30. The highest BCUT2D eigenvalue weighted by Gasteiger charge is 2.15. The highest BCUT2D eigenvalue weighted by atomic mass is 32.2. The van der Waals surface area contributed by atoms with Gasteiger partial charge in [0.1, 0.15) is 11.6 Å². The molecular formula is C21H19N5O2S. The summed E-state index contributed by atoms with van der Waals surface area (Å²) in [5.74, 6) is -0.321. The lowest BCUT2D eigenvalue weighted by Gasteiger charge is -2.06. The van der Waals surface area contributed by atoms with E-state index in [1.807, 2.05) is 44.2 Å². The van der Waals surface area contributed by atoms with Crippen LogP contribution in [0.3, 0.4) is 0 Å². The predicted molar refractivity (Wildman–Crippen MR) is 112 cm³/mol. The summed E-state index contributed by atoms with van der Waals surface area (Å²) in [5.41, 5.74) is 3.02. The van der Waals surface area contributed by atoms with Gasteiger partial charge in [0.25, 0.3) is 0 Å². The number of aryl methyl sites for hydroxylation is 2. The van der Waals surface area contributed by atoms with Crippen LogP contribution in [0.25, 0.3) is 5.65 Å². The lowest BCUT2D eigenvalue weighted by atomic mass is 10.2. The summed E-state index contributed by atoms with van der Waals surface area (Å²) in [4.78, 5) is 30.4. The SMILES string of the molecule is Cc1ccc(Sc2nccn3c(=O)n(CC(=O)Nc4ccccc4)nc23)c(C)c1. The first-order chi connectivity index (χ1) is 14.0. The van der Waals surface area contributed by atoms with Gasteiger partial charge in [-0.05, 0) is 37.6 Å². The fourth-order valence-corrected chi connectivity index (χ4v) is 3.89. The Morgan fingerprint density at radius 2 is 1.93 bits per heavy atom. The summed E-state index contributed by atoms with van der Waals surface area (Å²) < 4.78 is 2.57. The third-order valence-electron chi connectivity index (χ3n) is 4.36. The van der Waals surface area contributed by atoms with Crippen molar-refractivity contribution in [2.75, 3.05) is 5.32 Å². The van der Waals surface area contributed by atoms with E-state index in [-0.39, 0.29) is 18.1 Å². The second-order valence-electron chi connectivity index (χ2n) is 6.65.